The summed E-state index contributed by atoms with van der Waals surface area (Å²) in [6, 6.07) is 20.5. The van der Waals surface area contributed by atoms with Crippen LogP contribution in [0.1, 0.15) is 40.2 Å². The highest BCUT2D eigenvalue weighted by atomic mass is 79.9. The Morgan fingerprint density at radius 2 is 1.68 bits per heavy atom. The summed E-state index contributed by atoms with van der Waals surface area (Å²) in [6.45, 7) is 9.12. The van der Waals surface area contributed by atoms with Gasteiger partial charge in [-0.3, -0.25) is 14.3 Å². The minimum absolute atomic E-state index is 0.102. The molecule has 0 aliphatic heterocycles. The lowest BCUT2D eigenvalue weighted by atomic mass is 10.0. The summed E-state index contributed by atoms with van der Waals surface area (Å²) in [5, 5.41) is 2.16. The lowest BCUT2D eigenvalue weighted by molar-refractivity contribution is -0.137. The van der Waals surface area contributed by atoms with E-state index in [9.17, 15) is 14.4 Å². The molecule has 1 aromatic heterocycles. The summed E-state index contributed by atoms with van der Waals surface area (Å²) in [5.74, 6) is -0.530. The first-order chi connectivity index (χ1) is 19.1. The number of rotatable bonds is 9. The van der Waals surface area contributed by atoms with E-state index in [-0.39, 0.29) is 28.1 Å². The summed E-state index contributed by atoms with van der Waals surface area (Å²) in [5.41, 5.74) is -0.0841. The van der Waals surface area contributed by atoms with E-state index < -0.39 is 25.5 Å². The number of ether oxygens (including phenoxy) is 1. The zero-order valence-corrected chi connectivity index (χ0v) is 25.8. The van der Waals surface area contributed by atoms with Crippen LogP contribution >= 0.6 is 15.9 Å². The van der Waals surface area contributed by atoms with E-state index in [0.29, 0.717) is 13.0 Å². The first-order valence-corrected chi connectivity index (χ1v) is 16.1. The van der Waals surface area contributed by atoms with Crippen LogP contribution in [0.15, 0.2) is 105 Å². The Morgan fingerprint density at radius 1 is 1.07 bits per heavy atom. The Balaban J connectivity index is 1.74. The van der Waals surface area contributed by atoms with Crippen molar-refractivity contribution in [2.75, 3.05) is 13.2 Å². The van der Waals surface area contributed by atoms with Gasteiger partial charge in [-0.15, -0.1) is 0 Å². The first-order valence-electron chi connectivity index (χ1n) is 13.4. The van der Waals surface area contributed by atoms with Crippen molar-refractivity contribution >= 4 is 40.6 Å². The minimum Gasteiger partial charge on any atom is -0.463 e. The molecule has 0 spiro atoms. The molecule has 0 saturated heterocycles. The maximum atomic E-state index is 12.7. The van der Waals surface area contributed by atoms with Crippen molar-refractivity contribution in [3.05, 3.63) is 116 Å². The van der Waals surface area contributed by atoms with Crippen LogP contribution in [0.2, 0.25) is 5.04 Å². The molecule has 1 heterocycles. The van der Waals surface area contributed by atoms with E-state index in [4.69, 9.17) is 9.16 Å². The summed E-state index contributed by atoms with van der Waals surface area (Å²) >= 11 is 3.24. The zero-order valence-electron chi connectivity index (χ0n) is 23.2. The van der Waals surface area contributed by atoms with Crippen molar-refractivity contribution in [1.82, 2.24) is 9.55 Å². The third kappa shape index (κ3) is 6.21. The van der Waals surface area contributed by atoms with E-state index in [0.717, 1.165) is 5.57 Å². The first kappa shape index (κ1) is 29.7. The number of H-pyrrole nitrogens is 1. The second-order valence-electron chi connectivity index (χ2n) is 10.9. The van der Waals surface area contributed by atoms with Crippen LogP contribution in [0, 0.1) is 5.92 Å². The van der Waals surface area contributed by atoms with E-state index >= 15 is 0 Å². The number of benzene rings is 2. The van der Waals surface area contributed by atoms with Gasteiger partial charge < -0.3 is 9.16 Å². The molecule has 9 heteroatoms. The van der Waals surface area contributed by atoms with Crippen LogP contribution in [-0.2, 0) is 14.0 Å². The van der Waals surface area contributed by atoms with Gasteiger partial charge in [-0.05, 0) is 50.3 Å². The number of esters is 1. The van der Waals surface area contributed by atoms with E-state index in [2.05, 4.69) is 90.2 Å². The second kappa shape index (κ2) is 12.5. The van der Waals surface area contributed by atoms with E-state index in [1.807, 2.05) is 18.2 Å². The molecule has 3 aromatic rings. The number of hydrogen-bond acceptors (Lipinski definition) is 5. The Bertz CT molecular complexity index is 1470. The maximum Gasteiger partial charge on any atom is 0.330 e. The quantitative estimate of drug-likeness (QED) is 0.216. The molecular weight excluding hydrogens is 588 g/mol. The smallest absolute Gasteiger partial charge is 0.330 e. The van der Waals surface area contributed by atoms with Crippen LogP contribution < -0.4 is 21.6 Å². The van der Waals surface area contributed by atoms with Crippen molar-refractivity contribution in [1.29, 1.82) is 0 Å². The van der Waals surface area contributed by atoms with Crippen molar-refractivity contribution in [3.8, 4) is 0 Å². The molecule has 2 aromatic carbocycles. The number of nitrogens with one attached hydrogen (secondary N) is 1. The van der Waals surface area contributed by atoms with Crippen LogP contribution in [-0.4, -0.2) is 37.1 Å². The Hall–Kier alpha value is -3.27. The molecule has 0 fully saturated rings. The van der Waals surface area contributed by atoms with E-state index in [1.165, 1.54) is 27.2 Å². The summed E-state index contributed by atoms with van der Waals surface area (Å²) in [7, 11) is -2.80. The molecule has 7 nitrogen and oxygen atoms in total. The Labute approximate surface area is 243 Å². The molecule has 210 valence electrons. The topological polar surface area (TPSA) is 90.4 Å². The highest BCUT2D eigenvalue weighted by molar-refractivity contribution is 9.10. The monoisotopic (exact) mass is 622 g/mol. The van der Waals surface area contributed by atoms with Gasteiger partial charge in [0, 0.05) is 24.8 Å². The summed E-state index contributed by atoms with van der Waals surface area (Å²) in [6.07, 6.45) is 7.21. The van der Waals surface area contributed by atoms with Gasteiger partial charge in [-0.1, -0.05) is 93.6 Å². The number of carbonyl (C=O) groups is 1. The van der Waals surface area contributed by atoms with E-state index in [1.54, 1.807) is 13.0 Å². The molecule has 0 saturated carbocycles. The molecule has 0 radical (unpaired) electrons. The average Bonchev–Trinajstić information content (AvgIpc) is 3.33. The van der Waals surface area contributed by atoms with Gasteiger partial charge in [-0.25, -0.2) is 9.59 Å². The fraction of sp³-hybridized carbons (Fsp3) is 0.323. The highest BCUT2D eigenvalue weighted by Gasteiger charge is 2.50. The second-order valence-corrected chi connectivity index (χ2v) is 16.0. The molecule has 0 unspecified atom stereocenters. The Morgan fingerprint density at radius 3 is 2.23 bits per heavy atom. The van der Waals surface area contributed by atoms with Gasteiger partial charge in [-0.2, -0.15) is 0 Å². The van der Waals surface area contributed by atoms with Gasteiger partial charge in [0.1, 0.15) is 0 Å². The zero-order chi connectivity index (χ0) is 28.9. The lowest BCUT2D eigenvalue weighted by Gasteiger charge is -2.43. The van der Waals surface area contributed by atoms with Gasteiger partial charge in [0.2, 0.25) is 0 Å². The van der Waals surface area contributed by atoms with Gasteiger partial charge in [0.15, 0.2) is 0 Å². The van der Waals surface area contributed by atoms with Gasteiger partial charge in [0.05, 0.1) is 17.1 Å². The highest BCUT2D eigenvalue weighted by Crippen LogP contribution is 2.40. The third-order valence-corrected chi connectivity index (χ3v) is 12.8. The van der Waals surface area contributed by atoms with Crippen LogP contribution in [0.3, 0.4) is 0 Å². The van der Waals surface area contributed by atoms with Crippen molar-refractivity contribution in [2.45, 2.75) is 45.2 Å². The lowest BCUT2D eigenvalue weighted by Crippen LogP contribution is -2.66. The third-order valence-electron chi connectivity index (χ3n) is 7.28. The standard InChI is InChI=1S/C31H35BrN2O5Si/c1-5-38-28(35)17-16-22-18-24(34-20-27(32)29(36)33-30(34)37)19-23(22)21-39-40(31(2,3)4,25-12-8-6-9-13-25)26-14-10-7-11-15-26/h6-18,20,23-24H,5,19,21H2,1-4H3,(H,33,36,37)/b17-16+/t23-,24+/m1/s1. The number of allylic oxidation sites excluding steroid dienone is 2. The minimum atomic E-state index is -2.80. The molecular formula is C31H35BrN2O5Si. The fourth-order valence-electron chi connectivity index (χ4n) is 5.45. The van der Waals surface area contributed by atoms with Crippen molar-refractivity contribution in [3.63, 3.8) is 0 Å². The number of hydrogen-bond donors (Lipinski definition) is 1. The van der Waals surface area contributed by atoms with Crippen LogP contribution in [0.5, 0.6) is 0 Å². The molecule has 1 aliphatic carbocycles. The number of carbonyl (C=O) groups excluding carboxylic acids is 1. The van der Waals surface area contributed by atoms with Crippen molar-refractivity contribution in [2.24, 2.45) is 5.92 Å². The normalized spacial score (nSPS) is 17.7. The largest absolute Gasteiger partial charge is 0.463 e. The maximum absolute atomic E-state index is 12.7. The fourth-order valence-corrected chi connectivity index (χ4v) is 10.4. The number of nitrogens with zero attached hydrogens (tertiary/aromatic N) is 1. The van der Waals surface area contributed by atoms with Crippen molar-refractivity contribution < 1.29 is 14.0 Å². The molecule has 40 heavy (non-hydrogen) atoms. The average molecular weight is 624 g/mol. The SMILES string of the molecule is CCOC(=O)/C=C/C1=C[C@H](n2cc(Br)c(=O)[nH]c2=O)C[C@@H]1CO[Si](c1ccccc1)(c1ccccc1)C(C)(C)C. The van der Waals surface area contributed by atoms with Crippen LogP contribution in [0.25, 0.3) is 0 Å². The van der Waals surface area contributed by atoms with Crippen LogP contribution in [0.4, 0.5) is 0 Å². The van der Waals surface area contributed by atoms with Gasteiger partial charge >= 0.3 is 11.7 Å². The predicted molar refractivity (Wildman–Crippen MR) is 164 cm³/mol. The summed E-state index contributed by atoms with van der Waals surface area (Å²) in [4.78, 5) is 39.2. The molecule has 0 bridgehead atoms. The molecule has 4 rings (SSSR count). The molecule has 0 amide bonds. The van der Waals surface area contributed by atoms with Gasteiger partial charge in [0.25, 0.3) is 13.9 Å². The number of aromatic nitrogens is 2. The summed E-state index contributed by atoms with van der Waals surface area (Å²) < 4.78 is 14.1. The Kier molecular flexibility index (Phi) is 9.28. The molecule has 1 N–H and O–H groups in total. The molecule has 2 atom stereocenters. The number of halogens is 1. The molecule has 1 aliphatic rings. The number of aromatic amines is 1. The predicted octanol–water partition coefficient (Wildman–Crippen LogP) is 4.48.